The van der Waals surface area contributed by atoms with Crippen LogP contribution in [0.2, 0.25) is 0 Å². The summed E-state index contributed by atoms with van der Waals surface area (Å²) in [4.78, 5) is 31.3. The number of hydrogen-bond donors (Lipinski definition) is 0. The van der Waals surface area contributed by atoms with Gasteiger partial charge in [0.05, 0.1) is 22.7 Å². The molecule has 27 heavy (non-hydrogen) atoms. The third-order valence-corrected chi connectivity index (χ3v) is 3.80. The third-order valence-electron chi connectivity index (χ3n) is 3.80. The molecular weight excluding hydrogens is 348 g/mol. The lowest BCUT2D eigenvalue weighted by Crippen LogP contribution is -2.01. The molecule has 0 saturated carbocycles. The Morgan fingerprint density at radius 3 is 2.11 bits per heavy atom. The quantitative estimate of drug-likeness (QED) is 0.154. The van der Waals surface area contributed by atoms with Crippen molar-refractivity contribution >= 4 is 6.29 Å². The van der Waals surface area contributed by atoms with Crippen LogP contribution in [0.15, 0.2) is 47.9 Å². The molecule has 0 aliphatic heterocycles. The van der Waals surface area contributed by atoms with Crippen LogP contribution in [0.5, 0.6) is 0 Å². The third kappa shape index (κ3) is 14.3. The van der Waals surface area contributed by atoms with Crippen molar-refractivity contribution in [3.05, 3.63) is 68.1 Å². The fraction of sp³-hybridized carbons (Fsp3) is 0.550. The maximum Gasteiger partial charge on any atom is 0.246 e. The molecule has 7 heteroatoms. The number of unbranched alkanes of at least 4 members (excludes halogenated alkanes) is 5. The number of rotatable bonds is 16. The van der Waals surface area contributed by atoms with Crippen LogP contribution < -0.4 is 0 Å². The van der Waals surface area contributed by atoms with Crippen LogP contribution >= 0.6 is 0 Å². The number of carbonyl (C=O) groups excluding carboxylic acids is 1. The van der Waals surface area contributed by atoms with Crippen LogP contribution in [0.25, 0.3) is 0 Å². The number of nitro groups is 2. The van der Waals surface area contributed by atoms with Crippen molar-refractivity contribution in [3.8, 4) is 0 Å². The molecule has 149 valence electrons. The number of nitrogens with zero attached hydrogens (tertiary/aromatic N) is 2. The summed E-state index contributed by atoms with van der Waals surface area (Å²) in [7, 11) is 0. The van der Waals surface area contributed by atoms with E-state index in [1.807, 2.05) is 31.4 Å². The summed E-state index contributed by atoms with van der Waals surface area (Å²) in [5, 5.41) is 22.2. The average molecular weight is 377 g/mol. The minimum Gasteiger partial charge on any atom is -0.291 e. The highest BCUT2D eigenvalue weighted by Crippen LogP contribution is 2.13. The van der Waals surface area contributed by atoms with Crippen LogP contribution in [0.1, 0.15) is 71.1 Å². The van der Waals surface area contributed by atoms with Crippen molar-refractivity contribution in [2.24, 2.45) is 0 Å². The van der Waals surface area contributed by atoms with Crippen molar-refractivity contribution in [2.45, 2.75) is 71.1 Å². The molecule has 1 radical (unpaired) electrons. The zero-order valence-corrected chi connectivity index (χ0v) is 16.0. The highest BCUT2D eigenvalue weighted by molar-refractivity contribution is 5.50. The van der Waals surface area contributed by atoms with E-state index < -0.39 is 9.85 Å². The minimum atomic E-state index is -0.492. The van der Waals surface area contributed by atoms with E-state index in [-0.39, 0.29) is 24.2 Å². The first-order chi connectivity index (χ1) is 13.0. The van der Waals surface area contributed by atoms with Crippen molar-refractivity contribution in [2.75, 3.05) is 0 Å². The van der Waals surface area contributed by atoms with E-state index in [1.54, 1.807) is 6.08 Å². The summed E-state index contributed by atoms with van der Waals surface area (Å²) < 4.78 is 0. The lowest BCUT2D eigenvalue weighted by molar-refractivity contribution is -0.431. The van der Waals surface area contributed by atoms with Crippen LogP contribution in [0.3, 0.4) is 0 Å². The molecule has 0 aliphatic rings. The summed E-state index contributed by atoms with van der Waals surface area (Å²) in [6.07, 6.45) is 18.3. The fourth-order valence-electron chi connectivity index (χ4n) is 2.29. The molecule has 0 spiro atoms. The second-order valence-electron chi connectivity index (χ2n) is 6.00. The Morgan fingerprint density at radius 1 is 0.852 bits per heavy atom. The first kappa shape index (κ1) is 24.4. The molecule has 0 aliphatic carbocycles. The molecule has 0 saturated heterocycles. The Kier molecular flexibility index (Phi) is 15.3. The van der Waals surface area contributed by atoms with Crippen molar-refractivity contribution < 1.29 is 14.6 Å². The van der Waals surface area contributed by atoms with Gasteiger partial charge in [-0.15, -0.1) is 0 Å². The largest absolute Gasteiger partial charge is 0.291 e. The van der Waals surface area contributed by atoms with Gasteiger partial charge >= 0.3 is 0 Å². The molecule has 0 aromatic carbocycles. The molecule has 0 N–H and O–H groups in total. The highest BCUT2D eigenvalue weighted by atomic mass is 16.6. The zero-order chi connectivity index (χ0) is 20.3. The Bertz CT molecular complexity index is 577. The summed E-state index contributed by atoms with van der Waals surface area (Å²) in [6.45, 7) is 2.03. The van der Waals surface area contributed by atoms with Gasteiger partial charge in [0.1, 0.15) is 0 Å². The smallest absolute Gasteiger partial charge is 0.246 e. The van der Waals surface area contributed by atoms with Gasteiger partial charge in [0.25, 0.3) is 0 Å². The van der Waals surface area contributed by atoms with E-state index in [1.165, 1.54) is 12.2 Å². The Morgan fingerprint density at radius 2 is 1.48 bits per heavy atom. The van der Waals surface area contributed by atoms with Crippen molar-refractivity contribution in [3.63, 3.8) is 0 Å². The maximum atomic E-state index is 11.1. The normalized spacial score (nSPS) is 12.8. The number of hydrogen-bond acceptors (Lipinski definition) is 5. The maximum absolute atomic E-state index is 11.1. The van der Waals surface area contributed by atoms with Gasteiger partial charge in [-0.25, -0.2) is 0 Å². The SMILES string of the molecule is CC/C=C/C/C=C/C/C(=C/C/C(=C/CCCCCC[C]=O)[N+](=O)[O-])[N+](=O)[O-]. The van der Waals surface area contributed by atoms with Gasteiger partial charge in [0, 0.05) is 6.42 Å². The van der Waals surface area contributed by atoms with Crippen molar-refractivity contribution in [1.82, 2.24) is 0 Å². The van der Waals surface area contributed by atoms with Crippen molar-refractivity contribution in [1.29, 1.82) is 0 Å². The van der Waals surface area contributed by atoms with Gasteiger partial charge in [-0.1, -0.05) is 44.1 Å². The molecule has 0 amide bonds. The summed E-state index contributed by atoms with van der Waals surface area (Å²) in [5.41, 5.74) is -0.0611. The molecule has 0 aromatic rings. The van der Waals surface area contributed by atoms with Gasteiger partial charge < -0.3 is 0 Å². The van der Waals surface area contributed by atoms with E-state index in [0.29, 0.717) is 19.3 Å². The second kappa shape index (κ2) is 16.9. The topological polar surface area (TPSA) is 103 Å². The van der Waals surface area contributed by atoms with Crippen LogP contribution in [0.4, 0.5) is 0 Å². The highest BCUT2D eigenvalue weighted by Gasteiger charge is 2.13. The molecule has 0 bridgehead atoms. The molecule has 0 rings (SSSR count). The summed E-state index contributed by atoms with van der Waals surface area (Å²) >= 11 is 0. The average Bonchev–Trinajstić information content (AvgIpc) is 2.63. The molecular formula is C20H29N2O5. The lowest BCUT2D eigenvalue weighted by atomic mass is 10.1. The standard InChI is InChI=1S/C20H29N2O5/c1-2-3-4-5-8-11-14-19(21(24)25)16-17-20(22(26)27)15-12-9-6-7-10-13-18-23/h3-4,8,11,15-16H,2,5-7,9-10,12-14,17H2,1H3/b4-3+,11-8+,19-16-,20-15-. The zero-order valence-electron chi connectivity index (χ0n) is 16.0. The second-order valence-corrected chi connectivity index (χ2v) is 6.00. The first-order valence-corrected chi connectivity index (χ1v) is 9.34. The van der Waals surface area contributed by atoms with Gasteiger partial charge in [-0.2, -0.15) is 0 Å². The Hall–Kier alpha value is -2.57. The molecule has 0 aromatic heterocycles. The van der Waals surface area contributed by atoms with E-state index >= 15 is 0 Å². The minimum absolute atomic E-state index is 0.0227. The molecule has 0 unspecified atom stereocenters. The van der Waals surface area contributed by atoms with Gasteiger partial charge in [0.15, 0.2) is 6.29 Å². The molecule has 0 fully saturated rings. The fourth-order valence-corrected chi connectivity index (χ4v) is 2.29. The van der Waals surface area contributed by atoms with E-state index in [2.05, 4.69) is 0 Å². The summed E-state index contributed by atoms with van der Waals surface area (Å²) in [5.74, 6) is 0. The van der Waals surface area contributed by atoms with Crippen LogP contribution in [0, 0.1) is 20.2 Å². The lowest BCUT2D eigenvalue weighted by Gasteiger charge is -1.98. The van der Waals surface area contributed by atoms with E-state index in [9.17, 15) is 25.0 Å². The van der Waals surface area contributed by atoms with Gasteiger partial charge in [-0.3, -0.25) is 25.0 Å². The number of allylic oxidation sites excluding steroid dienone is 6. The van der Waals surface area contributed by atoms with Crippen LogP contribution in [-0.2, 0) is 4.79 Å². The first-order valence-electron chi connectivity index (χ1n) is 9.34. The predicted molar refractivity (Wildman–Crippen MR) is 106 cm³/mol. The monoisotopic (exact) mass is 377 g/mol. The molecule has 0 heterocycles. The summed E-state index contributed by atoms with van der Waals surface area (Å²) in [6, 6.07) is 0. The molecule has 0 atom stereocenters. The predicted octanol–water partition coefficient (Wildman–Crippen LogP) is 5.45. The Labute approximate surface area is 160 Å². The van der Waals surface area contributed by atoms with Crippen LogP contribution in [-0.4, -0.2) is 16.1 Å². The van der Waals surface area contributed by atoms with Gasteiger partial charge in [-0.05, 0) is 44.3 Å². The Balaban J connectivity index is 4.57. The molecule has 7 nitrogen and oxygen atoms in total. The van der Waals surface area contributed by atoms with E-state index in [4.69, 9.17) is 0 Å². The van der Waals surface area contributed by atoms with Gasteiger partial charge in [0.2, 0.25) is 11.4 Å². The van der Waals surface area contributed by atoms with E-state index in [0.717, 1.165) is 32.1 Å².